The second-order valence-electron chi connectivity index (χ2n) is 3.58. The Hall–Kier alpha value is -2.56. The molecule has 1 aromatic carbocycles. The maximum Gasteiger partial charge on any atom is 0.134 e. The van der Waals surface area contributed by atoms with Gasteiger partial charge in [0.25, 0.3) is 0 Å². The van der Waals surface area contributed by atoms with Crippen LogP contribution in [0.3, 0.4) is 0 Å². The Morgan fingerprint density at radius 2 is 1.76 bits per heavy atom. The first-order valence-electron chi connectivity index (χ1n) is 4.98. The fraction of sp³-hybridized carbons (Fsp3) is 0. The maximum atomic E-state index is 9.19. The van der Waals surface area contributed by atoms with Crippen LogP contribution >= 0.6 is 0 Å². The summed E-state index contributed by atoms with van der Waals surface area (Å²) in [5, 5.41) is 17.2. The van der Waals surface area contributed by atoms with Crippen LogP contribution in [0, 0.1) is 5.41 Å². The van der Waals surface area contributed by atoms with Gasteiger partial charge in [-0.15, -0.1) is 0 Å². The molecule has 0 aliphatic carbocycles. The molecule has 6 N–H and O–H groups in total. The van der Waals surface area contributed by atoms with Crippen LogP contribution in [0.1, 0.15) is 11.1 Å². The van der Waals surface area contributed by atoms with Crippen LogP contribution in [-0.2, 0) is 0 Å². The second kappa shape index (κ2) is 4.13. The molecule has 0 amide bonds. The number of anilines is 2. The lowest BCUT2D eigenvalue weighted by Crippen LogP contribution is -2.10. The number of nitrogens with two attached hydrogens (primary N) is 2. The highest BCUT2D eigenvalue weighted by molar-refractivity contribution is 6.16. The summed E-state index contributed by atoms with van der Waals surface area (Å²) in [4.78, 5) is 3.91. The number of rotatable bonds is 2. The van der Waals surface area contributed by atoms with Gasteiger partial charge in [0.05, 0.1) is 11.3 Å². The third-order valence-electron chi connectivity index (χ3n) is 2.42. The number of hydrogen-bond acceptors (Lipinski definition) is 5. The van der Waals surface area contributed by atoms with Gasteiger partial charge in [-0.1, -0.05) is 0 Å². The molecule has 1 heterocycles. The van der Waals surface area contributed by atoms with E-state index in [1.807, 2.05) is 0 Å². The Kier molecular flexibility index (Phi) is 2.66. The normalized spacial score (nSPS) is 10.1. The molecule has 17 heavy (non-hydrogen) atoms. The van der Waals surface area contributed by atoms with Gasteiger partial charge in [0.15, 0.2) is 0 Å². The molecule has 86 valence electrons. The summed E-state index contributed by atoms with van der Waals surface area (Å²) in [6, 6.07) is 7.87. The number of hydrogen-bond donors (Lipinski definition) is 4. The molecule has 0 spiro atoms. The van der Waals surface area contributed by atoms with Gasteiger partial charge in [0.2, 0.25) is 0 Å². The molecule has 0 saturated heterocycles. The fourth-order valence-electron chi connectivity index (χ4n) is 1.54. The summed E-state index contributed by atoms with van der Waals surface area (Å²) >= 11 is 0. The number of nitrogens with zero attached hydrogens (tertiary/aromatic N) is 1. The van der Waals surface area contributed by atoms with Crippen molar-refractivity contribution in [2.45, 2.75) is 0 Å². The lowest BCUT2D eigenvalue weighted by Gasteiger charge is -2.09. The zero-order valence-electron chi connectivity index (χ0n) is 9.01. The number of aromatic nitrogens is 1. The molecule has 0 unspecified atom stereocenters. The van der Waals surface area contributed by atoms with Gasteiger partial charge in [-0.05, 0) is 30.3 Å². The van der Waals surface area contributed by atoms with E-state index in [2.05, 4.69) is 4.98 Å². The topological polar surface area (TPSA) is 109 Å². The number of aromatic hydroxyl groups is 1. The van der Waals surface area contributed by atoms with Gasteiger partial charge in [-0.3, -0.25) is 5.41 Å². The maximum absolute atomic E-state index is 9.19. The Bertz CT molecular complexity index is 543. The highest BCUT2D eigenvalue weighted by Crippen LogP contribution is 2.21. The Morgan fingerprint density at radius 3 is 2.35 bits per heavy atom. The van der Waals surface area contributed by atoms with E-state index in [4.69, 9.17) is 16.9 Å². The number of benzene rings is 1. The molecule has 0 radical (unpaired) electrons. The minimum atomic E-state index is 0.147. The molecule has 0 aliphatic rings. The quantitative estimate of drug-likeness (QED) is 0.582. The molecule has 2 rings (SSSR count). The van der Waals surface area contributed by atoms with Crippen LogP contribution in [0.5, 0.6) is 5.75 Å². The van der Waals surface area contributed by atoms with Crippen LogP contribution in [0.4, 0.5) is 11.5 Å². The lowest BCUT2D eigenvalue weighted by molar-refractivity contribution is 0.475. The highest BCUT2D eigenvalue weighted by Gasteiger charge is 2.12. The molecule has 0 fully saturated rings. The van der Waals surface area contributed by atoms with Crippen molar-refractivity contribution in [3.8, 4) is 5.75 Å². The largest absolute Gasteiger partial charge is 0.508 e. The van der Waals surface area contributed by atoms with Crippen molar-refractivity contribution in [2.24, 2.45) is 0 Å². The van der Waals surface area contributed by atoms with E-state index >= 15 is 0 Å². The van der Waals surface area contributed by atoms with Crippen molar-refractivity contribution in [1.82, 2.24) is 4.98 Å². The third-order valence-corrected chi connectivity index (χ3v) is 2.42. The van der Waals surface area contributed by atoms with E-state index in [0.717, 1.165) is 0 Å². The minimum Gasteiger partial charge on any atom is -0.508 e. The van der Waals surface area contributed by atoms with Crippen LogP contribution in [0.25, 0.3) is 0 Å². The van der Waals surface area contributed by atoms with Gasteiger partial charge in [0, 0.05) is 17.4 Å². The molecule has 0 bridgehead atoms. The molecule has 5 nitrogen and oxygen atoms in total. The van der Waals surface area contributed by atoms with E-state index in [0.29, 0.717) is 16.8 Å². The molecule has 0 aliphatic heterocycles. The van der Waals surface area contributed by atoms with E-state index < -0.39 is 0 Å². The first-order chi connectivity index (χ1) is 8.09. The molecular formula is C12H12N4O. The van der Waals surface area contributed by atoms with E-state index in [1.165, 1.54) is 18.3 Å². The van der Waals surface area contributed by atoms with Gasteiger partial charge in [0.1, 0.15) is 11.6 Å². The van der Waals surface area contributed by atoms with Crippen LogP contribution in [0.2, 0.25) is 0 Å². The molecule has 5 heteroatoms. The predicted molar refractivity (Wildman–Crippen MR) is 67.1 cm³/mol. The fourth-order valence-corrected chi connectivity index (χ4v) is 1.54. The average Bonchev–Trinajstić information content (AvgIpc) is 2.29. The Morgan fingerprint density at radius 1 is 1.12 bits per heavy atom. The first kappa shape index (κ1) is 10.9. The van der Waals surface area contributed by atoms with Gasteiger partial charge in [-0.2, -0.15) is 0 Å². The summed E-state index contributed by atoms with van der Waals surface area (Å²) in [6.07, 6.45) is 1.50. The van der Waals surface area contributed by atoms with E-state index in [9.17, 15) is 5.11 Å². The van der Waals surface area contributed by atoms with E-state index in [1.54, 1.807) is 18.2 Å². The minimum absolute atomic E-state index is 0.147. The van der Waals surface area contributed by atoms with Crippen molar-refractivity contribution < 1.29 is 5.11 Å². The number of nitrogens with one attached hydrogen (secondary N) is 1. The van der Waals surface area contributed by atoms with E-state index in [-0.39, 0.29) is 17.3 Å². The Balaban J connectivity index is 2.47. The van der Waals surface area contributed by atoms with Gasteiger partial charge >= 0.3 is 0 Å². The number of phenols is 1. The Labute approximate surface area is 98.2 Å². The van der Waals surface area contributed by atoms with Crippen molar-refractivity contribution in [3.63, 3.8) is 0 Å². The van der Waals surface area contributed by atoms with Crippen LogP contribution in [0.15, 0.2) is 36.5 Å². The summed E-state index contributed by atoms with van der Waals surface area (Å²) < 4.78 is 0. The SMILES string of the molecule is N=C(c1ccc(O)cc1)c1c(N)ccnc1N. The van der Waals surface area contributed by atoms with Gasteiger partial charge < -0.3 is 16.6 Å². The zero-order valence-corrected chi connectivity index (χ0v) is 9.01. The van der Waals surface area contributed by atoms with Crippen molar-refractivity contribution in [3.05, 3.63) is 47.7 Å². The number of nitrogen functional groups attached to an aromatic ring is 2. The lowest BCUT2D eigenvalue weighted by atomic mass is 10.0. The first-order valence-corrected chi connectivity index (χ1v) is 4.98. The van der Waals surface area contributed by atoms with Crippen LogP contribution < -0.4 is 11.5 Å². The second-order valence-corrected chi connectivity index (χ2v) is 3.58. The summed E-state index contributed by atoms with van der Waals surface area (Å²) in [5.41, 5.74) is 13.1. The van der Waals surface area contributed by atoms with Crippen LogP contribution in [-0.4, -0.2) is 15.8 Å². The van der Waals surface area contributed by atoms with Crippen molar-refractivity contribution in [1.29, 1.82) is 5.41 Å². The highest BCUT2D eigenvalue weighted by atomic mass is 16.3. The molecule has 0 atom stereocenters. The zero-order chi connectivity index (χ0) is 12.4. The monoisotopic (exact) mass is 228 g/mol. The average molecular weight is 228 g/mol. The standard InChI is InChI=1S/C12H12N4O/c13-9-5-6-16-12(15)10(9)11(14)7-1-3-8(17)4-2-7/h1-6,14,17H,(H4,13,15,16). The van der Waals surface area contributed by atoms with Crippen molar-refractivity contribution in [2.75, 3.05) is 11.5 Å². The molecular weight excluding hydrogens is 216 g/mol. The molecule has 0 saturated carbocycles. The molecule has 1 aromatic heterocycles. The third kappa shape index (κ3) is 2.03. The smallest absolute Gasteiger partial charge is 0.134 e. The summed E-state index contributed by atoms with van der Waals surface area (Å²) in [5.74, 6) is 0.372. The van der Waals surface area contributed by atoms with Crippen molar-refractivity contribution >= 4 is 17.2 Å². The number of pyridine rings is 1. The summed E-state index contributed by atoms with van der Waals surface area (Å²) in [7, 11) is 0. The van der Waals surface area contributed by atoms with Gasteiger partial charge in [-0.25, -0.2) is 4.98 Å². The predicted octanol–water partition coefficient (Wildman–Crippen LogP) is 1.37. The molecule has 2 aromatic rings. The summed E-state index contributed by atoms with van der Waals surface area (Å²) in [6.45, 7) is 0. The number of phenolic OH excluding ortho intramolecular Hbond substituents is 1.